The van der Waals surface area contributed by atoms with E-state index in [4.69, 9.17) is 4.74 Å². The van der Waals surface area contributed by atoms with Crippen molar-refractivity contribution < 1.29 is 14.3 Å². The van der Waals surface area contributed by atoms with Crippen LogP contribution in [0.1, 0.15) is 63.6 Å². The molecule has 0 aliphatic rings. The van der Waals surface area contributed by atoms with Crippen LogP contribution in [0.15, 0.2) is 46.9 Å². The Hall–Kier alpha value is -2.34. The average Bonchev–Trinajstić information content (AvgIpc) is 2.71. The average molecular weight is 503 g/mol. The van der Waals surface area contributed by atoms with Crippen molar-refractivity contribution in [3.8, 4) is 5.75 Å². The van der Waals surface area contributed by atoms with Crippen LogP contribution < -0.4 is 10.1 Å². The summed E-state index contributed by atoms with van der Waals surface area (Å²) in [6.07, 6.45) is 0.517. The molecule has 32 heavy (non-hydrogen) atoms. The van der Waals surface area contributed by atoms with Crippen LogP contribution in [-0.2, 0) is 16.1 Å². The van der Waals surface area contributed by atoms with Gasteiger partial charge in [0.2, 0.25) is 5.91 Å². The van der Waals surface area contributed by atoms with Crippen molar-refractivity contribution in [3.63, 3.8) is 0 Å². The number of rotatable bonds is 10. The van der Waals surface area contributed by atoms with Gasteiger partial charge < -0.3 is 15.0 Å². The number of halogens is 1. The molecule has 2 aromatic rings. The molecule has 0 heterocycles. The maximum Gasteiger partial charge on any atom is 0.261 e. The molecule has 0 bridgehead atoms. The molecule has 1 atom stereocenters. The van der Waals surface area contributed by atoms with E-state index >= 15 is 0 Å². The lowest BCUT2D eigenvalue weighted by atomic mass is 10.0. The molecule has 2 rings (SSSR count). The summed E-state index contributed by atoms with van der Waals surface area (Å²) in [6, 6.07) is 13.3. The molecule has 0 aliphatic carbocycles. The van der Waals surface area contributed by atoms with Crippen LogP contribution >= 0.6 is 15.9 Å². The van der Waals surface area contributed by atoms with Gasteiger partial charge >= 0.3 is 0 Å². The number of aryl methyl sites for hydroxylation is 1. The Morgan fingerprint density at radius 3 is 2.38 bits per heavy atom. The summed E-state index contributed by atoms with van der Waals surface area (Å²) in [5.41, 5.74) is 3.28. The molecule has 0 radical (unpaired) electrons. The zero-order valence-corrected chi connectivity index (χ0v) is 21.5. The molecule has 174 valence electrons. The van der Waals surface area contributed by atoms with E-state index in [0.717, 1.165) is 15.6 Å². The predicted molar refractivity (Wildman–Crippen MR) is 133 cm³/mol. The fraction of sp³-hybridized carbons (Fsp3) is 0.462. The minimum absolute atomic E-state index is 0.000788. The molecule has 6 heteroatoms. The van der Waals surface area contributed by atoms with E-state index < -0.39 is 6.04 Å². The van der Waals surface area contributed by atoms with E-state index in [9.17, 15) is 9.59 Å². The molecular weight excluding hydrogens is 468 g/mol. The Kier molecular flexibility index (Phi) is 9.76. The van der Waals surface area contributed by atoms with Gasteiger partial charge in [-0.25, -0.2) is 0 Å². The van der Waals surface area contributed by atoms with Crippen molar-refractivity contribution in [2.45, 2.75) is 72.5 Å². The Balaban J connectivity index is 2.23. The first-order chi connectivity index (χ1) is 15.1. The normalized spacial score (nSPS) is 12.0. The van der Waals surface area contributed by atoms with Crippen molar-refractivity contribution in [2.75, 3.05) is 6.61 Å². The molecule has 0 fully saturated rings. The highest BCUT2D eigenvalue weighted by atomic mass is 79.9. The van der Waals surface area contributed by atoms with Gasteiger partial charge in [0.25, 0.3) is 5.91 Å². The summed E-state index contributed by atoms with van der Waals surface area (Å²) in [5.74, 6) is 0.637. The van der Waals surface area contributed by atoms with Crippen LogP contribution in [0, 0.1) is 6.92 Å². The lowest BCUT2D eigenvalue weighted by Crippen LogP contribution is -2.51. The van der Waals surface area contributed by atoms with Gasteiger partial charge in [-0.1, -0.05) is 56.7 Å². The van der Waals surface area contributed by atoms with E-state index in [1.54, 1.807) is 4.90 Å². The molecule has 5 nitrogen and oxygen atoms in total. The largest absolute Gasteiger partial charge is 0.483 e. The maximum absolute atomic E-state index is 13.3. The van der Waals surface area contributed by atoms with Crippen molar-refractivity contribution in [1.29, 1.82) is 0 Å². The smallest absolute Gasteiger partial charge is 0.261 e. The zero-order valence-electron chi connectivity index (χ0n) is 19.9. The number of hydrogen-bond acceptors (Lipinski definition) is 3. The minimum atomic E-state index is -0.569. The lowest BCUT2D eigenvalue weighted by Gasteiger charge is -2.31. The second-order valence-corrected chi connectivity index (χ2v) is 9.59. The highest BCUT2D eigenvalue weighted by molar-refractivity contribution is 9.10. The molecule has 0 aliphatic heterocycles. The van der Waals surface area contributed by atoms with Gasteiger partial charge in [-0.05, 0) is 72.3 Å². The van der Waals surface area contributed by atoms with Crippen molar-refractivity contribution in [2.24, 2.45) is 0 Å². The summed E-state index contributed by atoms with van der Waals surface area (Å²) in [6.45, 7) is 12.2. The van der Waals surface area contributed by atoms with Crippen LogP contribution in [0.4, 0.5) is 0 Å². The minimum Gasteiger partial charge on any atom is -0.483 e. The Morgan fingerprint density at radius 1 is 1.09 bits per heavy atom. The zero-order chi connectivity index (χ0) is 23.8. The second-order valence-electron chi connectivity index (χ2n) is 8.73. The summed E-state index contributed by atoms with van der Waals surface area (Å²) in [4.78, 5) is 27.8. The van der Waals surface area contributed by atoms with Crippen molar-refractivity contribution in [3.05, 3.63) is 63.6 Å². The second kappa shape index (κ2) is 12.0. The third kappa shape index (κ3) is 7.37. The maximum atomic E-state index is 13.3. The first kappa shape index (κ1) is 25.9. The third-order valence-electron chi connectivity index (χ3n) is 5.23. The first-order valence-corrected chi connectivity index (χ1v) is 12.0. The van der Waals surface area contributed by atoms with E-state index in [1.807, 2.05) is 70.2 Å². The molecular formula is C26H35BrN2O3. The van der Waals surface area contributed by atoms with Gasteiger partial charge in [0.15, 0.2) is 6.61 Å². The number of nitrogens with zero attached hydrogens (tertiary/aromatic N) is 1. The fourth-order valence-electron chi connectivity index (χ4n) is 3.52. The molecule has 0 spiro atoms. The van der Waals surface area contributed by atoms with Crippen molar-refractivity contribution in [1.82, 2.24) is 10.2 Å². The quantitative estimate of drug-likeness (QED) is 0.460. The van der Waals surface area contributed by atoms with Crippen molar-refractivity contribution >= 4 is 27.7 Å². The van der Waals surface area contributed by atoms with Gasteiger partial charge in [-0.2, -0.15) is 0 Å². The van der Waals surface area contributed by atoms with Gasteiger partial charge in [0.05, 0.1) is 4.47 Å². The Labute approximate surface area is 200 Å². The number of nitrogens with one attached hydrogen (secondary N) is 1. The fourth-order valence-corrected chi connectivity index (χ4v) is 4.03. The number of carbonyl (C=O) groups excluding carboxylic acids is 2. The third-order valence-corrected chi connectivity index (χ3v) is 5.85. The molecule has 1 N–H and O–H groups in total. The van der Waals surface area contributed by atoms with E-state index in [2.05, 4.69) is 35.1 Å². The molecule has 1 unspecified atom stereocenters. The molecule has 2 aromatic carbocycles. The summed E-state index contributed by atoms with van der Waals surface area (Å²) < 4.78 is 6.67. The molecule has 0 saturated carbocycles. The Bertz CT molecular complexity index is 927. The van der Waals surface area contributed by atoms with Crippen LogP contribution in [0.3, 0.4) is 0 Å². The van der Waals surface area contributed by atoms with Gasteiger partial charge in [0.1, 0.15) is 11.8 Å². The van der Waals surface area contributed by atoms with E-state index in [-0.39, 0.29) is 24.5 Å². The number of hydrogen-bond donors (Lipinski definition) is 1. The molecule has 2 amide bonds. The predicted octanol–water partition coefficient (Wildman–Crippen LogP) is 5.59. The summed E-state index contributed by atoms with van der Waals surface area (Å²) >= 11 is 3.54. The number of amides is 2. The summed E-state index contributed by atoms with van der Waals surface area (Å²) in [5, 5.41) is 2.94. The van der Waals surface area contributed by atoms with Crippen LogP contribution in [0.25, 0.3) is 0 Å². The first-order valence-electron chi connectivity index (χ1n) is 11.2. The SMILES string of the molecule is CCC(C(=O)NC(C)C)N(Cc1cccc(C)c1)C(=O)COc1ccc(C(C)C)cc1Br. The highest BCUT2D eigenvalue weighted by Gasteiger charge is 2.29. The van der Waals surface area contributed by atoms with Gasteiger partial charge in [-0.15, -0.1) is 0 Å². The molecule has 0 aromatic heterocycles. The van der Waals surface area contributed by atoms with Crippen LogP contribution in [0.5, 0.6) is 5.75 Å². The summed E-state index contributed by atoms with van der Waals surface area (Å²) in [7, 11) is 0. The highest BCUT2D eigenvalue weighted by Crippen LogP contribution is 2.29. The number of carbonyl (C=O) groups is 2. The topological polar surface area (TPSA) is 58.6 Å². The Morgan fingerprint density at radius 2 is 1.81 bits per heavy atom. The molecule has 0 saturated heterocycles. The number of ether oxygens (including phenoxy) is 1. The van der Waals surface area contributed by atoms with Crippen LogP contribution in [-0.4, -0.2) is 35.4 Å². The monoisotopic (exact) mass is 502 g/mol. The lowest BCUT2D eigenvalue weighted by molar-refractivity contribution is -0.143. The van der Waals surface area contributed by atoms with E-state index in [0.29, 0.717) is 24.6 Å². The number of benzene rings is 2. The standard InChI is InChI=1S/C26H35BrN2O3/c1-7-23(26(31)28-18(4)5)29(15-20-10-8-9-19(6)13-20)25(30)16-32-24-12-11-21(17(2)3)14-22(24)27/h8-14,17-18,23H,7,15-16H2,1-6H3,(H,28,31). The van der Waals surface area contributed by atoms with Gasteiger partial charge in [-0.3, -0.25) is 9.59 Å². The van der Waals surface area contributed by atoms with Gasteiger partial charge in [0, 0.05) is 12.6 Å². The van der Waals surface area contributed by atoms with Crippen LogP contribution in [0.2, 0.25) is 0 Å². The van der Waals surface area contributed by atoms with E-state index in [1.165, 1.54) is 5.56 Å².